The van der Waals surface area contributed by atoms with Gasteiger partial charge in [0.2, 0.25) is 5.91 Å². The Labute approximate surface area is 122 Å². The number of nitrogens with one attached hydrogen (secondary N) is 2. The van der Waals surface area contributed by atoms with Crippen molar-refractivity contribution >= 4 is 23.5 Å². The molecule has 1 aromatic rings. The summed E-state index contributed by atoms with van der Waals surface area (Å²) < 4.78 is 0. The van der Waals surface area contributed by atoms with Gasteiger partial charge in [-0.05, 0) is 37.0 Å². The number of amides is 1. The number of rotatable bonds is 6. The summed E-state index contributed by atoms with van der Waals surface area (Å²) in [5, 5.41) is 15.4. The van der Waals surface area contributed by atoms with Crippen molar-refractivity contribution in [1.82, 2.24) is 10.6 Å². The van der Waals surface area contributed by atoms with Gasteiger partial charge < -0.3 is 10.4 Å². The first-order chi connectivity index (χ1) is 9.52. The van der Waals surface area contributed by atoms with Crippen LogP contribution < -0.4 is 10.6 Å². The molecule has 0 atom stereocenters. The summed E-state index contributed by atoms with van der Waals surface area (Å²) in [6, 6.07) is 7.19. The molecule has 1 saturated carbocycles. The van der Waals surface area contributed by atoms with E-state index in [0.29, 0.717) is 24.4 Å². The third-order valence-electron chi connectivity index (χ3n) is 3.61. The zero-order valence-electron chi connectivity index (χ0n) is 11.0. The van der Waals surface area contributed by atoms with Crippen molar-refractivity contribution < 1.29 is 14.7 Å². The highest BCUT2D eigenvalue weighted by Crippen LogP contribution is 2.31. The smallest absolute Gasteiger partial charge is 0.323 e. The Morgan fingerprint density at radius 1 is 1.25 bits per heavy atom. The second-order valence-corrected chi connectivity index (χ2v) is 5.43. The molecule has 0 aliphatic heterocycles. The molecule has 108 valence electrons. The fourth-order valence-electron chi connectivity index (χ4n) is 2.11. The van der Waals surface area contributed by atoms with Crippen LogP contribution in [0.5, 0.6) is 0 Å². The van der Waals surface area contributed by atoms with Crippen molar-refractivity contribution in [2.24, 2.45) is 0 Å². The Hall–Kier alpha value is -1.59. The maximum atomic E-state index is 11.7. The Morgan fingerprint density at radius 3 is 2.40 bits per heavy atom. The molecule has 1 aliphatic rings. The summed E-state index contributed by atoms with van der Waals surface area (Å²) in [5.41, 5.74) is 0.0387. The fourth-order valence-corrected chi connectivity index (χ4v) is 2.24. The number of benzene rings is 1. The summed E-state index contributed by atoms with van der Waals surface area (Å²) in [4.78, 5) is 22.8. The standard InChI is InChI=1S/C14H17ClN2O3/c15-11-4-2-10(3-5-11)8-16-12(18)9-17-14(13(19)20)6-1-7-14/h2-5,17H,1,6-9H2,(H,16,18)(H,19,20). The van der Waals surface area contributed by atoms with Gasteiger partial charge in [-0.3, -0.25) is 14.9 Å². The summed E-state index contributed by atoms with van der Waals surface area (Å²) in [6.45, 7) is 0.414. The van der Waals surface area contributed by atoms with Crippen molar-refractivity contribution in [3.8, 4) is 0 Å². The number of carboxylic acid groups (broad SMARTS) is 1. The molecule has 20 heavy (non-hydrogen) atoms. The van der Waals surface area contributed by atoms with Gasteiger partial charge >= 0.3 is 5.97 Å². The van der Waals surface area contributed by atoms with Crippen LogP contribution in [0, 0.1) is 0 Å². The average Bonchev–Trinajstić information content (AvgIpc) is 2.36. The molecule has 3 N–H and O–H groups in total. The van der Waals surface area contributed by atoms with E-state index in [-0.39, 0.29) is 12.5 Å². The molecule has 0 unspecified atom stereocenters. The Kier molecular flexibility index (Phi) is 4.62. The Balaban J connectivity index is 1.75. The van der Waals surface area contributed by atoms with Crippen LogP contribution in [0.25, 0.3) is 0 Å². The predicted octanol–water partition coefficient (Wildman–Crippen LogP) is 1.55. The summed E-state index contributed by atoms with van der Waals surface area (Å²) in [5.74, 6) is -1.10. The van der Waals surface area contributed by atoms with E-state index in [4.69, 9.17) is 16.7 Å². The lowest BCUT2D eigenvalue weighted by Gasteiger charge is -2.38. The number of hydrogen-bond donors (Lipinski definition) is 3. The lowest BCUT2D eigenvalue weighted by atomic mass is 9.77. The van der Waals surface area contributed by atoms with E-state index in [0.717, 1.165) is 12.0 Å². The monoisotopic (exact) mass is 296 g/mol. The summed E-state index contributed by atoms with van der Waals surface area (Å²) in [6.07, 6.45) is 2.03. The number of halogens is 1. The van der Waals surface area contributed by atoms with Gasteiger partial charge in [-0.25, -0.2) is 0 Å². The normalized spacial score (nSPS) is 16.2. The minimum absolute atomic E-state index is 0.0138. The molecule has 0 saturated heterocycles. The van der Waals surface area contributed by atoms with Crippen molar-refractivity contribution in [2.75, 3.05) is 6.54 Å². The molecule has 1 fully saturated rings. The summed E-state index contributed by atoms with van der Waals surface area (Å²) in [7, 11) is 0. The highest BCUT2D eigenvalue weighted by Gasteiger charge is 2.44. The van der Waals surface area contributed by atoms with Crippen LogP contribution in [-0.4, -0.2) is 29.1 Å². The molecule has 0 spiro atoms. The zero-order chi connectivity index (χ0) is 14.6. The van der Waals surface area contributed by atoms with Crippen LogP contribution in [0.4, 0.5) is 0 Å². The molecule has 1 aromatic carbocycles. The van der Waals surface area contributed by atoms with Gasteiger partial charge in [-0.15, -0.1) is 0 Å². The van der Waals surface area contributed by atoms with Gasteiger partial charge in [0.05, 0.1) is 6.54 Å². The Bertz CT molecular complexity index is 498. The molecule has 1 amide bonds. The molecular weight excluding hydrogens is 280 g/mol. The topological polar surface area (TPSA) is 78.4 Å². The van der Waals surface area contributed by atoms with E-state index < -0.39 is 11.5 Å². The number of carbonyl (C=O) groups is 2. The highest BCUT2D eigenvalue weighted by molar-refractivity contribution is 6.30. The first kappa shape index (κ1) is 14.8. The van der Waals surface area contributed by atoms with E-state index in [2.05, 4.69) is 10.6 Å². The van der Waals surface area contributed by atoms with Crippen molar-refractivity contribution in [2.45, 2.75) is 31.3 Å². The minimum Gasteiger partial charge on any atom is -0.480 e. The van der Waals surface area contributed by atoms with Crippen LogP contribution in [0.1, 0.15) is 24.8 Å². The SMILES string of the molecule is O=C(CNC1(C(=O)O)CCC1)NCc1ccc(Cl)cc1. The van der Waals surface area contributed by atoms with E-state index in [9.17, 15) is 9.59 Å². The molecule has 0 bridgehead atoms. The van der Waals surface area contributed by atoms with Gasteiger partial charge in [0.1, 0.15) is 5.54 Å². The summed E-state index contributed by atoms with van der Waals surface area (Å²) >= 11 is 5.77. The van der Waals surface area contributed by atoms with Crippen LogP contribution in [0.2, 0.25) is 5.02 Å². The predicted molar refractivity (Wildman–Crippen MR) is 75.5 cm³/mol. The van der Waals surface area contributed by atoms with E-state index >= 15 is 0 Å². The van der Waals surface area contributed by atoms with E-state index in [1.54, 1.807) is 12.1 Å². The molecule has 1 aliphatic carbocycles. The lowest BCUT2D eigenvalue weighted by Crippen LogP contribution is -2.59. The molecule has 5 nitrogen and oxygen atoms in total. The van der Waals surface area contributed by atoms with Gasteiger partial charge in [0.15, 0.2) is 0 Å². The zero-order valence-corrected chi connectivity index (χ0v) is 11.7. The first-order valence-corrected chi connectivity index (χ1v) is 6.89. The lowest BCUT2D eigenvalue weighted by molar-refractivity contribution is -0.149. The quantitative estimate of drug-likeness (QED) is 0.744. The fraction of sp³-hybridized carbons (Fsp3) is 0.429. The second-order valence-electron chi connectivity index (χ2n) is 5.00. The van der Waals surface area contributed by atoms with Gasteiger partial charge in [0.25, 0.3) is 0 Å². The Morgan fingerprint density at radius 2 is 1.90 bits per heavy atom. The minimum atomic E-state index is -0.905. The van der Waals surface area contributed by atoms with Crippen LogP contribution in [-0.2, 0) is 16.1 Å². The maximum Gasteiger partial charge on any atom is 0.323 e. The van der Waals surface area contributed by atoms with Gasteiger partial charge in [0, 0.05) is 11.6 Å². The molecule has 0 aromatic heterocycles. The van der Waals surface area contributed by atoms with Crippen molar-refractivity contribution in [1.29, 1.82) is 0 Å². The average molecular weight is 297 g/mol. The molecule has 0 heterocycles. The van der Waals surface area contributed by atoms with Crippen LogP contribution in [0.3, 0.4) is 0 Å². The van der Waals surface area contributed by atoms with Crippen molar-refractivity contribution in [3.63, 3.8) is 0 Å². The highest BCUT2D eigenvalue weighted by atomic mass is 35.5. The van der Waals surface area contributed by atoms with Crippen LogP contribution in [0.15, 0.2) is 24.3 Å². The molecule has 0 radical (unpaired) electrons. The molecule has 6 heteroatoms. The van der Waals surface area contributed by atoms with Gasteiger partial charge in [-0.2, -0.15) is 0 Å². The first-order valence-electron chi connectivity index (χ1n) is 6.51. The second kappa shape index (κ2) is 6.24. The molecule has 2 rings (SSSR count). The van der Waals surface area contributed by atoms with Gasteiger partial charge in [-0.1, -0.05) is 23.7 Å². The van der Waals surface area contributed by atoms with Crippen molar-refractivity contribution in [3.05, 3.63) is 34.9 Å². The third-order valence-corrected chi connectivity index (χ3v) is 3.86. The maximum absolute atomic E-state index is 11.7. The van der Waals surface area contributed by atoms with E-state index in [1.165, 1.54) is 0 Å². The third kappa shape index (κ3) is 3.49. The van der Waals surface area contributed by atoms with Crippen LogP contribution >= 0.6 is 11.6 Å². The molecular formula is C14H17ClN2O3. The number of carboxylic acids is 1. The largest absolute Gasteiger partial charge is 0.480 e. The van der Waals surface area contributed by atoms with E-state index in [1.807, 2.05) is 12.1 Å². The number of hydrogen-bond acceptors (Lipinski definition) is 3. The number of aliphatic carboxylic acids is 1. The number of carbonyl (C=O) groups excluding carboxylic acids is 1.